The van der Waals surface area contributed by atoms with Crippen LogP contribution >= 0.6 is 11.6 Å². The van der Waals surface area contributed by atoms with Crippen molar-refractivity contribution in [3.05, 3.63) is 29.3 Å². The minimum atomic E-state index is -0.967. The van der Waals surface area contributed by atoms with Crippen LogP contribution in [-0.2, 0) is 14.3 Å². The minimum absolute atomic E-state index is 0.356. The Morgan fingerprint density at radius 3 is 2.14 bits per heavy atom. The molecule has 1 unspecified atom stereocenters. The van der Waals surface area contributed by atoms with Gasteiger partial charge in [-0.15, -0.1) is 0 Å². The van der Waals surface area contributed by atoms with Crippen molar-refractivity contribution in [2.24, 2.45) is 0 Å². The van der Waals surface area contributed by atoms with Crippen LogP contribution in [0, 0.1) is 0 Å². The lowest BCUT2D eigenvalue weighted by molar-refractivity contribution is -0.152. The highest BCUT2D eigenvalue weighted by atomic mass is 35.5. The molecule has 0 spiro atoms. The number of carbonyl (C=O) groups is 2. The van der Waals surface area contributed by atoms with E-state index in [0.717, 1.165) is 19.3 Å². The van der Waals surface area contributed by atoms with Crippen molar-refractivity contribution < 1.29 is 19.1 Å². The molecule has 0 radical (unpaired) electrons. The quantitative estimate of drug-likeness (QED) is 0.272. The lowest BCUT2D eigenvalue weighted by Crippen LogP contribution is -2.28. The molecular formula is C22H34ClNO4. The van der Waals surface area contributed by atoms with Gasteiger partial charge in [-0.05, 0) is 25.5 Å². The van der Waals surface area contributed by atoms with E-state index in [0.29, 0.717) is 17.3 Å². The van der Waals surface area contributed by atoms with Gasteiger partial charge in [0.05, 0.1) is 17.3 Å². The number of nitrogens with one attached hydrogen (secondary N) is 1. The molecule has 1 atom stereocenters. The largest absolute Gasteiger partial charge is 0.463 e. The maximum Gasteiger partial charge on any atom is 0.412 e. The predicted molar refractivity (Wildman–Crippen MR) is 114 cm³/mol. The molecule has 1 aromatic rings. The van der Waals surface area contributed by atoms with Crippen molar-refractivity contribution in [2.45, 2.75) is 84.2 Å². The maximum absolute atomic E-state index is 11.9. The Bertz CT molecular complexity index is 579. The van der Waals surface area contributed by atoms with E-state index in [9.17, 15) is 9.59 Å². The van der Waals surface area contributed by atoms with E-state index >= 15 is 0 Å². The molecule has 0 heterocycles. The number of para-hydroxylation sites is 1. The predicted octanol–water partition coefficient (Wildman–Crippen LogP) is 6.74. The van der Waals surface area contributed by atoms with Gasteiger partial charge in [-0.3, -0.25) is 5.32 Å². The number of benzene rings is 1. The molecule has 0 aliphatic heterocycles. The average Bonchev–Trinajstić information content (AvgIpc) is 2.67. The maximum atomic E-state index is 11.9. The Hall–Kier alpha value is -1.75. The highest BCUT2D eigenvalue weighted by Crippen LogP contribution is 2.20. The summed E-state index contributed by atoms with van der Waals surface area (Å²) in [6, 6.07) is 6.80. The summed E-state index contributed by atoms with van der Waals surface area (Å²) in [5, 5.41) is 2.91. The van der Waals surface area contributed by atoms with E-state index in [1.54, 1.807) is 24.3 Å². The molecular weight excluding hydrogens is 378 g/mol. The van der Waals surface area contributed by atoms with Crippen LogP contribution in [0.4, 0.5) is 10.5 Å². The summed E-state index contributed by atoms with van der Waals surface area (Å²) in [5.74, 6) is -0.537. The Morgan fingerprint density at radius 1 is 0.964 bits per heavy atom. The number of amides is 1. The first-order chi connectivity index (χ1) is 13.5. The van der Waals surface area contributed by atoms with Crippen LogP contribution in [0.1, 0.15) is 78.1 Å². The second-order valence-corrected chi connectivity index (χ2v) is 7.41. The molecule has 1 aromatic carbocycles. The van der Waals surface area contributed by atoms with Gasteiger partial charge in [-0.25, -0.2) is 9.59 Å². The number of hydrogen-bond donors (Lipinski definition) is 1. The standard InChI is InChI=1S/C22H34ClNO4/c1-3-4-5-6-7-8-9-10-11-14-17-27-21(25)18(2)28-22(26)24-20-16-13-12-15-19(20)23/h12-13,15-16,18H,3-11,14,17H2,1-2H3,(H,24,26). The summed E-state index contributed by atoms with van der Waals surface area (Å²) >= 11 is 5.96. The first kappa shape index (κ1) is 24.3. The minimum Gasteiger partial charge on any atom is -0.463 e. The van der Waals surface area contributed by atoms with E-state index < -0.39 is 18.2 Å². The summed E-state index contributed by atoms with van der Waals surface area (Å²) in [6.45, 7) is 4.08. The van der Waals surface area contributed by atoms with Crippen LogP contribution in [0.15, 0.2) is 24.3 Å². The van der Waals surface area contributed by atoms with E-state index in [1.807, 2.05) is 0 Å². The van der Waals surface area contributed by atoms with Gasteiger partial charge in [-0.2, -0.15) is 0 Å². The lowest BCUT2D eigenvalue weighted by atomic mass is 10.1. The normalized spacial score (nSPS) is 11.7. The Balaban J connectivity index is 2.05. The van der Waals surface area contributed by atoms with Crippen molar-refractivity contribution >= 4 is 29.4 Å². The fraction of sp³-hybridized carbons (Fsp3) is 0.636. The fourth-order valence-corrected chi connectivity index (χ4v) is 2.97. The van der Waals surface area contributed by atoms with Gasteiger partial charge in [0.1, 0.15) is 0 Å². The third kappa shape index (κ3) is 11.2. The lowest BCUT2D eigenvalue weighted by Gasteiger charge is -2.14. The van der Waals surface area contributed by atoms with Crippen molar-refractivity contribution in [2.75, 3.05) is 11.9 Å². The molecule has 158 valence electrons. The number of ether oxygens (including phenoxy) is 2. The Kier molecular flexibility index (Phi) is 13.2. The molecule has 6 heteroatoms. The van der Waals surface area contributed by atoms with Crippen LogP contribution < -0.4 is 5.32 Å². The van der Waals surface area contributed by atoms with Crippen molar-refractivity contribution in [1.29, 1.82) is 0 Å². The number of esters is 1. The highest BCUT2D eigenvalue weighted by molar-refractivity contribution is 6.33. The third-order valence-corrected chi connectivity index (χ3v) is 4.80. The van der Waals surface area contributed by atoms with Crippen LogP contribution in [-0.4, -0.2) is 24.8 Å². The zero-order valence-corrected chi connectivity index (χ0v) is 17.9. The molecule has 0 aliphatic rings. The molecule has 0 aliphatic carbocycles. The first-order valence-corrected chi connectivity index (χ1v) is 10.8. The van der Waals surface area contributed by atoms with E-state index in [1.165, 1.54) is 51.9 Å². The first-order valence-electron chi connectivity index (χ1n) is 10.4. The smallest absolute Gasteiger partial charge is 0.412 e. The summed E-state index contributed by atoms with van der Waals surface area (Å²) in [6.07, 6.45) is 10.5. The Morgan fingerprint density at radius 2 is 1.54 bits per heavy atom. The average molecular weight is 412 g/mol. The van der Waals surface area contributed by atoms with E-state index in [-0.39, 0.29) is 0 Å². The van der Waals surface area contributed by atoms with Crippen LogP contribution in [0.5, 0.6) is 0 Å². The second kappa shape index (κ2) is 15.2. The molecule has 5 nitrogen and oxygen atoms in total. The molecule has 28 heavy (non-hydrogen) atoms. The molecule has 0 fully saturated rings. The van der Waals surface area contributed by atoms with Gasteiger partial charge in [0, 0.05) is 0 Å². The third-order valence-electron chi connectivity index (χ3n) is 4.47. The van der Waals surface area contributed by atoms with E-state index in [2.05, 4.69) is 12.2 Å². The molecule has 0 saturated heterocycles. The molecule has 0 bridgehead atoms. The second-order valence-electron chi connectivity index (χ2n) is 7.00. The van der Waals surface area contributed by atoms with Gasteiger partial charge in [-0.1, -0.05) is 88.4 Å². The van der Waals surface area contributed by atoms with Gasteiger partial charge in [0.15, 0.2) is 6.10 Å². The van der Waals surface area contributed by atoms with Crippen molar-refractivity contribution in [3.8, 4) is 0 Å². The highest BCUT2D eigenvalue weighted by Gasteiger charge is 2.19. The number of hydrogen-bond acceptors (Lipinski definition) is 4. The summed E-state index contributed by atoms with van der Waals surface area (Å²) in [7, 11) is 0. The van der Waals surface area contributed by atoms with Crippen molar-refractivity contribution in [3.63, 3.8) is 0 Å². The monoisotopic (exact) mass is 411 g/mol. The zero-order chi connectivity index (χ0) is 20.6. The van der Waals surface area contributed by atoms with Gasteiger partial charge in [0.2, 0.25) is 0 Å². The van der Waals surface area contributed by atoms with E-state index in [4.69, 9.17) is 21.1 Å². The van der Waals surface area contributed by atoms with Gasteiger partial charge in [0.25, 0.3) is 0 Å². The number of unbranched alkanes of at least 4 members (excludes halogenated alkanes) is 9. The molecule has 0 aromatic heterocycles. The fourth-order valence-electron chi connectivity index (χ4n) is 2.79. The van der Waals surface area contributed by atoms with Crippen LogP contribution in [0.3, 0.4) is 0 Å². The summed E-state index contributed by atoms with van der Waals surface area (Å²) in [5.41, 5.74) is 0.431. The number of halogens is 1. The molecule has 1 amide bonds. The van der Waals surface area contributed by atoms with Gasteiger partial charge < -0.3 is 9.47 Å². The Labute approximate surface area is 174 Å². The summed E-state index contributed by atoms with van der Waals surface area (Å²) < 4.78 is 10.2. The van der Waals surface area contributed by atoms with Crippen LogP contribution in [0.25, 0.3) is 0 Å². The number of rotatable bonds is 14. The topological polar surface area (TPSA) is 64.6 Å². The van der Waals surface area contributed by atoms with Gasteiger partial charge >= 0.3 is 12.1 Å². The SMILES string of the molecule is CCCCCCCCCCCCOC(=O)C(C)OC(=O)Nc1ccccc1Cl. The number of carbonyl (C=O) groups excluding carboxylic acids is 2. The summed E-state index contributed by atoms with van der Waals surface area (Å²) in [4.78, 5) is 23.7. The number of anilines is 1. The van der Waals surface area contributed by atoms with Crippen molar-refractivity contribution in [1.82, 2.24) is 0 Å². The van der Waals surface area contributed by atoms with Crippen LogP contribution in [0.2, 0.25) is 5.02 Å². The molecule has 1 N–H and O–H groups in total. The molecule has 1 rings (SSSR count). The zero-order valence-electron chi connectivity index (χ0n) is 17.2. The molecule has 0 saturated carbocycles.